The Morgan fingerprint density at radius 2 is 1.62 bits per heavy atom. The average Bonchev–Trinajstić information content (AvgIpc) is 2.91. The number of carbonyl (C=O) groups is 1. The van der Waals surface area contributed by atoms with E-state index in [-0.39, 0.29) is 17.9 Å². The summed E-state index contributed by atoms with van der Waals surface area (Å²) in [4.78, 5) is 12.0. The normalized spacial score (nSPS) is 14.1. The lowest BCUT2D eigenvalue weighted by atomic mass is 9.98. The third-order valence-corrected chi connectivity index (χ3v) is 4.66. The minimum absolute atomic E-state index is 0.110. The lowest BCUT2D eigenvalue weighted by Crippen LogP contribution is -2.15. The van der Waals surface area contributed by atoms with Crippen LogP contribution in [-0.4, -0.2) is 18.6 Å². The number of unbranched alkanes of at least 4 members (excludes halogenated alkanes) is 1. The van der Waals surface area contributed by atoms with Crippen molar-refractivity contribution in [2.45, 2.75) is 44.6 Å². The second-order valence-electron chi connectivity index (χ2n) is 6.63. The molecule has 1 atom stereocenters. The molecule has 0 aromatic heterocycles. The van der Waals surface area contributed by atoms with Crippen LogP contribution in [0.2, 0.25) is 0 Å². The van der Waals surface area contributed by atoms with Crippen LogP contribution in [-0.2, 0) is 9.53 Å². The van der Waals surface area contributed by atoms with Gasteiger partial charge in [-0.05, 0) is 42.0 Å². The Morgan fingerprint density at radius 3 is 2.21 bits per heavy atom. The largest absolute Gasteiger partial charge is 0.465 e. The van der Waals surface area contributed by atoms with Crippen molar-refractivity contribution in [3.8, 4) is 11.1 Å². The highest BCUT2D eigenvalue weighted by Crippen LogP contribution is 2.44. The summed E-state index contributed by atoms with van der Waals surface area (Å²) in [6.45, 7) is 2.41. The summed E-state index contributed by atoms with van der Waals surface area (Å²) in [5.41, 5.74) is 10.7. The van der Waals surface area contributed by atoms with Gasteiger partial charge in [-0.2, -0.15) is 0 Å². The summed E-state index contributed by atoms with van der Waals surface area (Å²) in [5, 5.41) is 0. The number of hydrogen-bond donors (Lipinski definition) is 1. The van der Waals surface area contributed by atoms with Gasteiger partial charge < -0.3 is 10.5 Å². The molecule has 2 aromatic carbocycles. The number of carbonyl (C=O) groups excluding carboxylic acids is 1. The van der Waals surface area contributed by atoms with Crippen molar-refractivity contribution in [2.75, 3.05) is 6.61 Å². The van der Waals surface area contributed by atoms with Gasteiger partial charge in [0.25, 0.3) is 0 Å². The summed E-state index contributed by atoms with van der Waals surface area (Å²) >= 11 is 0. The van der Waals surface area contributed by atoms with Crippen LogP contribution in [0.25, 0.3) is 11.1 Å². The maximum Gasteiger partial charge on any atom is 0.305 e. The average molecular weight is 323 g/mol. The molecule has 0 heterocycles. The summed E-state index contributed by atoms with van der Waals surface area (Å²) in [6, 6.07) is 17.0. The molecule has 126 valence electrons. The summed E-state index contributed by atoms with van der Waals surface area (Å²) < 4.78 is 5.58. The van der Waals surface area contributed by atoms with Crippen molar-refractivity contribution in [1.29, 1.82) is 0 Å². The Bertz CT molecular complexity index is 663. The molecule has 24 heavy (non-hydrogen) atoms. The van der Waals surface area contributed by atoms with Crippen LogP contribution in [0.15, 0.2) is 48.5 Å². The molecule has 0 fully saturated rings. The van der Waals surface area contributed by atoms with Gasteiger partial charge in [-0.3, -0.25) is 4.79 Å². The number of hydrogen-bond acceptors (Lipinski definition) is 3. The predicted molar refractivity (Wildman–Crippen MR) is 96.8 cm³/mol. The van der Waals surface area contributed by atoms with E-state index in [1.54, 1.807) is 0 Å². The van der Waals surface area contributed by atoms with Crippen LogP contribution in [0.4, 0.5) is 0 Å². The van der Waals surface area contributed by atoms with Crippen molar-refractivity contribution in [3.63, 3.8) is 0 Å². The molecule has 3 nitrogen and oxygen atoms in total. The van der Waals surface area contributed by atoms with Crippen molar-refractivity contribution < 1.29 is 9.53 Å². The Labute approximate surface area is 143 Å². The monoisotopic (exact) mass is 323 g/mol. The van der Waals surface area contributed by atoms with E-state index in [4.69, 9.17) is 10.5 Å². The number of nitrogens with two attached hydrogens (primary N) is 1. The standard InChI is InChI=1S/C21H25NO2/c1-15(22)8-2-7-13-21(23)24-14-20-18-11-5-3-9-16(18)17-10-4-6-12-19(17)20/h3-6,9-12,15,20H,2,7-8,13-14,22H2,1H3. The lowest BCUT2D eigenvalue weighted by Gasteiger charge is -2.14. The van der Waals surface area contributed by atoms with E-state index in [1.807, 2.05) is 19.1 Å². The van der Waals surface area contributed by atoms with Crippen LogP contribution in [0.3, 0.4) is 0 Å². The topological polar surface area (TPSA) is 52.3 Å². The van der Waals surface area contributed by atoms with Gasteiger partial charge in [0.2, 0.25) is 0 Å². The van der Waals surface area contributed by atoms with Crippen LogP contribution in [0.5, 0.6) is 0 Å². The maximum absolute atomic E-state index is 12.0. The Morgan fingerprint density at radius 1 is 1.04 bits per heavy atom. The highest BCUT2D eigenvalue weighted by Gasteiger charge is 2.28. The van der Waals surface area contributed by atoms with Crippen LogP contribution < -0.4 is 5.73 Å². The molecule has 2 N–H and O–H groups in total. The Hall–Kier alpha value is -2.13. The van der Waals surface area contributed by atoms with E-state index in [9.17, 15) is 4.79 Å². The first-order valence-electron chi connectivity index (χ1n) is 8.76. The van der Waals surface area contributed by atoms with Gasteiger partial charge in [0.1, 0.15) is 6.61 Å². The molecule has 0 bridgehead atoms. The highest BCUT2D eigenvalue weighted by molar-refractivity contribution is 5.79. The molecule has 1 aliphatic rings. The van der Waals surface area contributed by atoms with E-state index < -0.39 is 0 Å². The number of rotatable bonds is 7. The zero-order chi connectivity index (χ0) is 16.9. The smallest absolute Gasteiger partial charge is 0.305 e. The van der Waals surface area contributed by atoms with Gasteiger partial charge in [0, 0.05) is 18.4 Å². The second-order valence-corrected chi connectivity index (χ2v) is 6.63. The highest BCUT2D eigenvalue weighted by atomic mass is 16.5. The van der Waals surface area contributed by atoms with Gasteiger partial charge in [-0.25, -0.2) is 0 Å². The third-order valence-electron chi connectivity index (χ3n) is 4.66. The Kier molecular flexibility index (Phi) is 5.31. The molecular formula is C21H25NO2. The molecule has 0 amide bonds. The van der Waals surface area contributed by atoms with E-state index in [0.717, 1.165) is 19.3 Å². The van der Waals surface area contributed by atoms with E-state index >= 15 is 0 Å². The van der Waals surface area contributed by atoms with Crippen molar-refractivity contribution >= 4 is 5.97 Å². The quantitative estimate of drug-likeness (QED) is 0.612. The van der Waals surface area contributed by atoms with Gasteiger partial charge >= 0.3 is 5.97 Å². The van der Waals surface area contributed by atoms with Gasteiger partial charge in [0.05, 0.1) is 0 Å². The first-order chi connectivity index (χ1) is 11.7. The molecule has 0 saturated heterocycles. The molecule has 1 aliphatic carbocycles. The fourth-order valence-electron chi connectivity index (χ4n) is 3.42. The van der Waals surface area contributed by atoms with E-state index in [0.29, 0.717) is 13.0 Å². The molecule has 0 aliphatic heterocycles. The minimum Gasteiger partial charge on any atom is -0.465 e. The number of ether oxygens (including phenoxy) is 1. The number of esters is 1. The van der Waals surface area contributed by atoms with E-state index in [1.165, 1.54) is 22.3 Å². The van der Waals surface area contributed by atoms with Gasteiger partial charge in [-0.15, -0.1) is 0 Å². The molecule has 3 rings (SSSR count). The molecule has 3 heteroatoms. The molecule has 2 aromatic rings. The first kappa shape index (κ1) is 16.7. The van der Waals surface area contributed by atoms with Crippen LogP contribution in [0, 0.1) is 0 Å². The molecule has 0 saturated carbocycles. The molecular weight excluding hydrogens is 298 g/mol. The van der Waals surface area contributed by atoms with Crippen molar-refractivity contribution in [2.24, 2.45) is 5.73 Å². The SMILES string of the molecule is CC(N)CCCCC(=O)OCC1c2ccccc2-c2ccccc21. The fraction of sp³-hybridized carbons (Fsp3) is 0.381. The number of fused-ring (bicyclic) bond motifs is 3. The van der Waals surface area contributed by atoms with Crippen LogP contribution in [0.1, 0.15) is 49.7 Å². The summed E-state index contributed by atoms with van der Waals surface area (Å²) in [7, 11) is 0. The fourth-order valence-corrected chi connectivity index (χ4v) is 3.42. The minimum atomic E-state index is -0.110. The third kappa shape index (κ3) is 3.68. The zero-order valence-electron chi connectivity index (χ0n) is 14.2. The summed E-state index contributed by atoms with van der Waals surface area (Å²) in [5.74, 6) is 0.0342. The van der Waals surface area contributed by atoms with Gasteiger partial charge in [0.15, 0.2) is 0 Å². The van der Waals surface area contributed by atoms with Crippen molar-refractivity contribution in [3.05, 3.63) is 59.7 Å². The molecule has 0 spiro atoms. The molecule has 1 unspecified atom stereocenters. The first-order valence-corrected chi connectivity index (χ1v) is 8.76. The van der Waals surface area contributed by atoms with E-state index in [2.05, 4.69) is 36.4 Å². The predicted octanol–water partition coefficient (Wildman–Crippen LogP) is 4.25. The molecule has 0 radical (unpaired) electrons. The van der Waals surface area contributed by atoms with Crippen LogP contribution >= 0.6 is 0 Å². The second kappa shape index (κ2) is 7.63. The summed E-state index contributed by atoms with van der Waals surface area (Å²) in [6.07, 6.45) is 3.25. The van der Waals surface area contributed by atoms with Crippen molar-refractivity contribution in [1.82, 2.24) is 0 Å². The van der Waals surface area contributed by atoms with Gasteiger partial charge in [-0.1, -0.05) is 55.0 Å². The maximum atomic E-state index is 12.0. The zero-order valence-corrected chi connectivity index (χ0v) is 14.2. The number of benzene rings is 2. The lowest BCUT2D eigenvalue weighted by molar-refractivity contribution is -0.144. The Balaban J connectivity index is 1.60.